The first-order chi connectivity index (χ1) is 30.0. The van der Waals surface area contributed by atoms with Crippen molar-refractivity contribution in [1.82, 2.24) is 4.90 Å². The van der Waals surface area contributed by atoms with Crippen LogP contribution in [0, 0.1) is 27.7 Å². The smallest absolute Gasteiger partial charge is 0.860 e. The molecule has 0 amide bonds. The Kier molecular flexibility index (Phi) is 47.6. The van der Waals surface area contributed by atoms with Crippen molar-refractivity contribution in [3.05, 3.63) is 58.7 Å². The molecule has 2 aromatic carbocycles. The van der Waals surface area contributed by atoms with E-state index in [0.717, 1.165) is 22.3 Å². The van der Waals surface area contributed by atoms with E-state index >= 15 is 0 Å². The fourth-order valence-electron chi connectivity index (χ4n) is 8.20. The van der Waals surface area contributed by atoms with Crippen LogP contribution in [0.15, 0.2) is 36.4 Å². The predicted molar refractivity (Wildman–Crippen MR) is 263 cm³/mol. The van der Waals surface area contributed by atoms with Gasteiger partial charge in [-0.3, -0.25) is 0 Å². The van der Waals surface area contributed by atoms with Gasteiger partial charge in [-0.05, 0) is 107 Å². The average Bonchev–Trinajstić information content (AvgIpc) is 3.19. The number of nitrogens with zero attached hydrogens (tertiary/aromatic N) is 1. The summed E-state index contributed by atoms with van der Waals surface area (Å²) in [6.45, 7) is 14.8. The number of rotatable bonds is 38. The molecule has 363 valence electrons. The van der Waals surface area contributed by atoms with Gasteiger partial charge in [-0.2, -0.15) is 0 Å². The second-order valence-corrected chi connectivity index (χ2v) is 18.4. The molecule has 0 spiro atoms. The van der Waals surface area contributed by atoms with Gasteiger partial charge in [0.25, 0.3) is 0 Å². The molecule has 0 bridgehead atoms. The van der Waals surface area contributed by atoms with Crippen LogP contribution in [0.3, 0.4) is 0 Å². The molecule has 10 heteroatoms. The van der Waals surface area contributed by atoms with Crippen molar-refractivity contribution in [2.45, 2.75) is 247 Å². The first-order valence-electron chi connectivity index (χ1n) is 25.8. The first-order valence-corrected chi connectivity index (χ1v) is 25.8. The van der Waals surface area contributed by atoms with Crippen molar-refractivity contribution in [3.63, 3.8) is 0 Å². The number of hydrogen-bond donors (Lipinski definition) is 1. The van der Waals surface area contributed by atoms with Crippen LogP contribution in [0.2, 0.25) is 0 Å². The van der Waals surface area contributed by atoms with Gasteiger partial charge in [0.15, 0.2) is 0 Å². The molecule has 7 nitrogen and oxygen atoms in total. The number of benzene rings is 2. The number of hydrogen-bond acceptors (Lipinski definition) is 7. The van der Waals surface area contributed by atoms with Gasteiger partial charge in [0.05, 0.1) is 11.5 Å². The van der Waals surface area contributed by atoms with Crippen LogP contribution in [0.4, 0.5) is 0 Å². The Morgan fingerprint density at radius 2 is 0.619 bits per heavy atom. The minimum atomic E-state index is -2.24. The fourth-order valence-corrected chi connectivity index (χ4v) is 8.20. The second kappa shape index (κ2) is 47.1. The largest absolute Gasteiger partial charge is 3.00 e. The van der Waals surface area contributed by atoms with Crippen LogP contribution in [-0.2, 0) is 19.5 Å². The van der Waals surface area contributed by atoms with Crippen LogP contribution in [-0.4, -0.2) is 44.7 Å². The monoisotopic (exact) mass is 967 g/mol. The van der Waals surface area contributed by atoms with Gasteiger partial charge >= 0.3 is 26.8 Å². The normalized spacial score (nSPS) is 10.7. The summed E-state index contributed by atoms with van der Waals surface area (Å²) in [6, 6.07) is 10.6. The third kappa shape index (κ3) is 46.9. The van der Waals surface area contributed by atoms with Crippen LogP contribution in [0.25, 0.3) is 0 Å². The topological polar surface area (TPSA) is 111 Å². The maximum Gasteiger partial charge on any atom is 3.00 e. The summed E-state index contributed by atoms with van der Waals surface area (Å²) in [7, 11) is -1.89. The van der Waals surface area contributed by atoms with Gasteiger partial charge in [0.2, 0.25) is 0 Å². The maximum absolute atomic E-state index is 10.3. The quantitative estimate of drug-likeness (QED) is 0.0527. The summed E-state index contributed by atoms with van der Waals surface area (Å²) in [6.07, 6.45) is 46.8. The predicted octanol–water partition coefficient (Wildman–Crippen LogP) is 12.8. The van der Waals surface area contributed by atoms with Gasteiger partial charge in [-0.15, -0.1) is 0 Å². The van der Waals surface area contributed by atoms with Crippen molar-refractivity contribution in [2.24, 2.45) is 0 Å². The molecule has 0 saturated carbocycles. The number of unbranched alkanes of at least 4 members (excludes halogenated alkanes) is 30. The fraction of sp³-hybridized carbons (Fsp3) is 0.774. The van der Waals surface area contributed by atoms with Gasteiger partial charge in [-0.25, -0.2) is 0 Å². The van der Waals surface area contributed by atoms with E-state index in [2.05, 4.69) is 35.1 Å². The minimum absolute atomic E-state index is 0. The van der Waals surface area contributed by atoms with Crippen molar-refractivity contribution in [2.75, 3.05) is 20.1 Å². The van der Waals surface area contributed by atoms with E-state index in [1.54, 1.807) is 24.3 Å². The third-order valence-electron chi connectivity index (χ3n) is 11.6. The summed E-state index contributed by atoms with van der Waals surface area (Å²) >= 11 is 0. The Morgan fingerprint density at radius 1 is 0.397 bits per heavy atom. The van der Waals surface area contributed by atoms with Crippen LogP contribution in [0.5, 0.6) is 11.5 Å². The molecular formula is C53H96B2NO6Ru. The van der Waals surface area contributed by atoms with Gasteiger partial charge in [-0.1, -0.05) is 219 Å². The van der Waals surface area contributed by atoms with Crippen LogP contribution >= 0.6 is 0 Å². The molecule has 2 aromatic rings. The van der Waals surface area contributed by atoms with Crippen molar-refractivity contribution < 1.29 is 48.9 Å². The molecule has 0 aliphatic carbocycles. The van der Waals surface area contributed by atoms with Crippen LogP contribution < -0.4 is 24.4 Å². The molecule has 0 atom stereocenters. The maximum atomic E-state index is 10.3. The molecule has 0 aliphatic rings. The molecule has 0 heterocycles. The average molecular weight is 966 g/mol. The zero-order valence-electron chi connectivity index (χ0n) is 41.9. The molecule has 0 unspecified atom stereocenters. The number of aryl methyl sites for hydroxylation is 4. The molecular weight excluding hydrogens is 869 g/mol. The van der Waals surface area contributed by atoms with E-state index in [1.165, 1.54) is 219 Å². The van der Waals surface area contributed by atoms with E-state index in [-0.39, 0.29) is 19.5 Å². The Labute approximate surface area is 403 Å². The molecule has 0 saturated heterocycles. The summed E-state index contributed by atoms with van der Waals surface area (Å²) in [5.74, 6) is 0.762. The Balaban J connectivity index is 0. The summed E-state index contributed by atoms with van der Waals surface area (Å²) in [5, 5.41) is 38.9. The summed E-state index contributed by atoms with van der Waals surface area (Å²) in [4.78, 5) is 2.59. The van der Waals surface area contributed by atoms with Crippen LogP contribution in [0.1, 0.15) is 242 Å². The van der Waals surface area contributed by atoms with E-state index in [1.807, 2.05) is 39.8 Å². The molecule has 2 rings (SSSR count). The molecule has 0 aromatic heterocycles. The SMILES string of the molecule is CCCCCCCCCCCCCCCCCCN(C)CCCCCCCCCCCCCCCCCC.Cc1cc(C)cc(OB([O-])O)c1.Cc1cc(C)cc(OB([O-])[O-])c1.[Ru+3]. The standard InChI is InChI=1S/C37H77N.C8H10BO3.C8H9BO3.Ru/c1-4-6-8-10-12-14-16-18-20-22-24-26-28-30-32-34-36-38(3)37-35-33-31-29-27-25-23-21-19-17-15-13-11-9-7-5-2;2*1-6-3-7(2)5-8(4-6)12-9(10)11;/h4-37H2,1-3H3;3-5,10H,1-2H3;3-5H,1-2H3;/q;-1;-2;+3. The summed E-state index contributed by atoms with van der Waals surface area (Å²) in [5.41, 5.74) is 3.97. The third-order valence-corrected chi connectivity index (χ3v) is 11.6. The molecule has 63 heavy (non-hydrogen) atoms. The van der Waals surface area contributed by atoms with Crippen molar-refractivity contribution in [3.8, 4) is 11.5 Å². The second-order valence-electron chi connectivity index (χ2n) is 18.4. The zero-order valence-corrected chi connectivity index (χ0v) is 43.7. The minimum Gasteiger partial charge on any atom is -0.860 e. The summed E-state index contributed by atoms with van der Waals surface area (Å²) < 4.78 is 9.04. The van der Waals surface area contributed by atoms with Gasteiger partial charge in [0.1, 0.15) is 7.32 Å². The Hall–Kier alpha value is -1.41. The molecule has 1 radical (unpaired) electrons. The van der Waals surface area contributed by atoms with E-state index in [9.17, 15) is 15.1 Å². The molecule has 0 aliphatic heterocycles. The van der Waals surface area contributed by atoms with E-state index in [4.69, 9.17) is 5.02 Å². The van der Waals surface area contributed by atoms with Gasteiger partial charge < -0.3 is 34.3 Å². The van der Waals surface area contributed by atoms with E-state index in [0.29, 0.717) is 11.5 Å². The molecule has 1 N–H and O–H groups in total. The first kappa shape index (κ1) is 63.7. The zero-order chi connectivity index (χ0) is 45.9. The van der Waals surface area contributed by atoms with Crippen molar-refractivity contribution >= 4 is 14.6 Å². The molecule has 0 fully saturated rings. The Bertz CT molecular complexity index is 1120. The van der Waals surface area contributed by atoms with Gasteiger partial charge in [0, 0.05) is 0 Å². The van der Waals surface area contributed by atoms with Crippen molar-refractivity contribution in [1.29, 1.82) is 0 Å². The Morgan fingerprint density at radius 3 is 0.841 bits per heavy atom. The van der Waals surface area contributed by atoms with E-state index < -0.39 is 14.6 Å².